The van der Waals surface area contributed by atoms with Gasteiger partial charge in [-0.3, -0.25) is 4.79 Å². The Hall–Kier alpha value is -2.77. The molecule has 600 valence electrons. The van der Waals surface area contributed by atoms with Crippen LogP contribution in [0.2, 0.25) is 0 Å². The lowest BCUT2D eigenvalue weighted by molar-refractivity contribution is -0.379. The molecule has 0 saturated carbocycles. The number of aliphatic hydroxyl groups is 11. The van der Waals surface area contributed by atoms with Gasteiger partial charge in [-0.05, 0) is 64.2 Å². The molecular weight excluding hydrogens is 1310 g/mol. The zero-order valence-electron chi connectivity index (χ0n) is 64.3. The number of allylic oxidation sites excluding steroid dienone is 11. The van der Waals surface area contributed by atoms with Crippen molar-refractivity contribution in [3.05, 3.63) is 72.9 Å². The molecule has 0 aromatic carbocycles. The second kappa shape index (κ2) is 64.1. The summed E-state index contributed by atoms with van der Waals surface area (Å²) >= 11 is 0. The van der Waals surface area contributed by atoms with Gasteiger partial charge in [0.05, 0.1) is 38.6 Å². The minimum absolute atomic E-state index is 0.245. The van der Waals surface area contributed by atoms with Crippen LogP contribution in [0, 0.1) is 0 Å². The third kappa shape index (κ3) is 43.9. The number of aliphatic hydroxyl groups excluding tert-OH is 11. The Labute approximate surface area is 623 Å². The fourth-order valence-corrected chi connectivity index (χ4v) is 13.9. The maximum Gasteiger partial charge on any atom is 0.220 e. The fraction of sp³-hybridized carbons (Fsp3) is 0.845. The van der Waals surface area contributed by atoms with Gasteiger partial charge < -0.3 is 89.9 Å². The third-order valence-corrected chi connectivity index (χ3v) is 20.5. The molecule has 19 heteroatoms. The molecule has 17 unspecified atom stereocenters. The molecule has 12 N–H and O–H groups in total. The molecule has 3 heterocycles. The van der Waals surface area contributed by atoms with E-state index in [2.05, 4.69) is 79.9 Å². The number of nitrogens with one attached hydrogen (secondary N) is 1. The van der Waals surface area contributed by atoms with E-state index in [0.717, 1.165) is 77.0 Å². The van der Waals surface area contributed by atoms with Crippen molar-refractivity contribution >= 4 is 5.91 Å². The molecule has 0 aliphatic carbocycles. The zero-order valence-corrected chi connectivity index (χ0v) is 64.3. The van der Waals surface area contributed by atoms with Crippen LogP contribution in [0.3, 0.4) is 0 Å². The van der Waals surface area contributed by atoms with Crippen LogP contribution in [0.1, 0.15) is 322 Å². The summed E-state index contributed by atoms with van der Waals surface area (Å²) in [6.07, 6.45) is 57.6. The summed E-state index contributed by atoms with van der Waals surface area (Å²) in [5.41, 5.74) is 0. The van der Waals surface area contributed by atoms with Crippen LogP contribution in [0.25, 0.3) is 0 Å². The maximum atomic E-state index is 13.5. The van der Waals surface area contributed by atoms with E-state index in [1.807, 2.05) is 6.08 Å². The van der Waals surface area contributed by atoms with Crippen LogP contribution >= 0.6 is 0 Å². The molecule has 19 nitrogen and oxygen atoms in total. The van der Waals surface area contributed by atoms with Crippen molar-refractivity contribution in [2.24, 2.45) is 0 Å². The number of rotatable bonds is 66. The number of ether oxygens (including phenoxy) is 6. The van der Waals surface area contributed by atoms with Crippen LogP contribution < -0.4 is 5.32 Å². The largest absolute Gasteiger partial charge is 0.394 e. The van der Waals surface area contributed by atoms with Gasteiger partial charge in [-0.25, -0.2) is 0 Å². The molecule has 0 radical (unpaired) electrons. The van der Waals surface area contributed by atoms with Gasteiger partial charge in [-0.1, -0.05) is 324 Å². The Morgan fingerprint density at radius 2 is 0.670 bits per heavy atom. The molecule has 3 aliphatic rings. The topological polar surface area (TPSA) is 307 Å². The van der Waals surface area contributed by atoms with E-state index in [4.69, 9.17) is 28.4 Å². The predicted octanol–water partition coefficient (Wildman–Crippen LogP) is 14.4. The number of amides is 1. The monoisotopic (exact) mass is 1460 g/mol. The second-order valence-electron chi connectivity index (χ2n) is 29.6. The van der Waals surface area contributed by atoms with Crippen molar-refractivity contribution in [1.82, 2.24) is 5.32 Å². The Morgan fingerprint density at radius 1 is 0.359 bits per heavy atom. The normalized spacial score (nSPS) is 26.4. The maximum absolute atomic E-state index is 13.5. The van der Waals surface area contributed by atoms with E-state index in [1.165, 1.54) is 218 Å². The molecule has 3 rings (SSSR count). The first kappa shape index (κ1) is 94.4. The Morgan fingerprint density at radius 3 is 1.05 bits per heavy atom. The summed E-state index contributed by atoms with van der Waals surface area (Å²) in [6.45, 7) is 1.66. The van der Waals surface area contributed by atoms with E-state index < -0.39 is 124 Å². The van der Waals surface area contributed by atoms with Crippen molar-refractivity contribution in [3.63, 3.8) is 0 Å². The van der Waals surface area contributed by atoms with Gasteiger partial charge in [-0.15, -0.1) is 0 Å². The Bertz CT molecular complexity index is 2140. The molecule has 17 atom stereocenters. The van der Waals surface area contributed by atoms with Crippen LogP contribution in [-0.2, 0) is 33.2 Å². The van der Waals surface area contributed by atoms with E-state index >= 15 is 0 Å². The number of hydrogen-bond acceptors (Lipinski definition) is 18. The summed E-state index contributed by atoms with van der Waals surface area (Å²) < 4.78 is 34.5. The highest BCUT2D eigenvalue weighted by Crippen LogP contribution is 2.33. The second-order valence-corrected chi connectivity index (χ2v) is 29.6. The van der Waals surface area contributed by atoms with E-state index in [1.54, 1.807) is 6.08 Å². The molecule has 3 fully saturated rings. The molecule has 3 aliphatic heterocycles. The van der Waals surface area contributed by atoms with Gasteiger partial charge in [0.2, 0.25) is 5.91 Å². The molecule has 103 heavy (non-hydrogen) atoms. The number of carbonyl (C=O) groups is 1. The summed E-state index contributed by atoms with van der Waals surface area (Å²) in [5, 5.41) is 121. The van der Waals surface area contributed by atoms with Crippen LogP contribution in [0.15, 0.2) is 72.9 Å². The third-order valence-electron chi connectivity index (χ3n) is 20.5. The lowest BCUT2D eigenvalue weighted by atomic mass is 9.96. The van der Waals surface area contributed by atoms with Gasteiger partial charge in [-0.2, -0.15) is 0 Å². The lowest BCUT2D eigenvalue weighted by Gasteiger charge is -2.48. The van der Waals surface area contributed by atoms with E-state index in [-0.39, 0.29) is 18.9 Å². The molecule has 0 aromatic rings. The standard InChI is InChI=1S/C84H151NO18/c1-3-5-7-9-11-13-15-17-19-21-23-24-25-26-27-28-29-30-31-32-33-34-35-36-37-38-39-40-41-42-44-46-48-50-52-54-56-58-60-62-72(90)85-67(68(89)61-59-57-55-53-51-49-47-45-43-22-20-18-16-14-12-10-8-6-4-2)66-98-82-78(96)75(93)80(70(64-87)100-82)103-84-79(97)76(94)81(71(65-88)101-84)102-83-77(95)74(92)73(91)69(63-86)99-83/h5,7,11,13,17,19,23-24,26-27,59,61,67-71,73-84,86-89,91-97H,3-4,6,8-10,12,14-16,18,20-22,25,28-58,60,62-66H2,1-2H3,(H,85,90)/b7-5-,13-11-,19-17-,24-23-,27-26-,61-59+. The first-order valence-electron chi connectivity index (χ1n) is 41.7. The smallest absolute Gasteiger partial charge is 0.220 e. The van der Waals surface area contributed by atoms with Gasteiger partial charge in [0, 0.05) is 6.42 Å². The summed E-state index contributed by atoms with van der Waals surface area (Å²) in [6, 6.07) is -0.974. The minimum atomic E-state index is -1.98. The van der Waals surface area contributed by atoms with Crippen molar-refractivity contribution in [3.8, 4) is 0 Å². The molecule has 3 saturated heterocycles. The molecule has 0 aromatic heterocycles. The van der Waals surface area contributed by atoms with Crippen molar-refractivity contribution in [2.75, 3.05) is 26.4 Å². The Kier molecular flexibility index (Phi) is 58.8. The molecule has 0 spiro atoms. The molecule has 0 bridgehead atoms. The van der Waals surface area contributed by atoms with Gasteiger partial charge in [0.1, 0.15) is 73.2 Å². The van der Waals surface area contributed by atoms with Crippen LogP contribution in [0.5, 0.6) is 0 Å². The first-order valence-corrected chi connectivity index (χ1v) is 41.7. The summed E-state index contributed by atoms with van der Waals surface area (Å²) in [5.74, 6) is -0.271. The average Bonchev–Trinajstić information content (AvgIpc) is 0.781. The number of hydrogen-bond donors (Lipinski definition) is 12. The Balaban J connectivity index is 1.31. The van der Waals surface area contributed by atoms with Crippen LogP contribution in [0.4, 0.5) is 0 Å². The van der Waals surface area contributed by atoms with Crippen molar-refractivity contribution in [2.45, 2.75) is 426 Å². The van der Waals surface area contributed by atoms with Crippen molar-refractivity contribution in [1.29, 1.82) is 0 Å². The molecule has 1 amide bonds. The zero-order chi connectivity index (χ0) is 74.6. The fourth-order valence-electron chi connectivity index (χ4n) is 13.9. The highest BCUT2D eigenvalue weighted by atomic mass is 16.8. The van der Waals surface area contributed by atoms with E-state index in [9.17, 15) is 61.0 Å². The number of carbonyl (C=O) groups excluding carboxylic acids is 1. The first-order chi connectivity index (χ1) is 50.3. The van der Waals surface area contributed by atoms with Gasteiger partial charge >= 0.3 is 0 Å². The highest BCUT2D eigenvalue weighted by molar-refractivity contribution is 5.76. The summed E-state index contributed by atoms with van der Waals surface area (Å²) in [4.78, 5) is 13.5. The predicted molar refractivity (Wildman–Crippen MR) is 411 cm³/mol. The SMILES string of the molecule is CC/C=C\C/C=C\C/C=C\C/C=C\C/C=C\CCCCCCCCCCCCCCCCCCCCCCCCCC(=O)NC(COC1OC(CO)C(OC2OC(CO)C(OC3OC(CO)C(O)C(O)C3O)C(O)C2O)C(O)C1O)C(O)/C=C/CCCCCCCCCCCCCCCCCCC. The average molecular weight is 1460 g/mol. The minimum Gasteiger partial charge on any atom is -0.394 e. The molecular formula is C84H151NO18. The van der Waals surface area contributed by atoms with E-state index in [0.29, 0.717) is 6.42 Å². The van der Waals surface area contributed by atoms with Crippen LogP contribution in [-0.4, -0.2) is 193 Å². The van der Waals surface area contributed by atoms with Gasteiger partial charge in [0.15, 0.2) is 18.9 Å². The highest BCUT2D eigenvalue weighted by Gasteiger charge is 2.54. The van der Waals surface area contributed by atoms with Crippen molar-refractivity contribution < 1.29 is 89.4 Å². The quantitative estimate of drug-likeness (QED) is 0.0199. The van der Waals surface area contributed by atoms with Gasteiger partial charge in [0.25, 0.3) is 0 Å². The summed E-state index contributed by atoms with van der Waals surface area (Å²) in [7, 11) is 0. The lowest BCUT2D eigenvalue weighted by Crippen LogP contribution is -2.66. The number of unbranched alkanes of at least 4 members (excludes halogenated alkanes) is 40.